The standard InChI is InChI=1S/C15H24N2/c1-11-6-8-13(11,3)15(5)10(11)12(2)7-9-14(15,4)17-16-12/h10H,6-9H2,1-5H3/t10-,11+,12-,13+,14+,15+/m1/s1. The zero-order chi connectivity index (χ0) is 12.3. The molecule has 0 unspecified atom stereocenters. The van der Waals surface area contributed by atoms with E-state index in [4.69, 9.17) is 10.2 Å². The first-order valence-corrected chi connectivity index (χ1v) is 7.18. The van der Waals surface area contributed by atoms with Crippen molar-refractivity contribution in [1.82, 2.24) is 0 Å². The van der Waals surface area contributed by atoms with Crippen LogP contribution in [0.25, 0.3) is 0 Å². The molecule has 0 spiro atoms. The molecule has 2 nitrogen and oxygen atoms in total. The lowest BCUT2D eigenvalue weighted by molar-refractivity contribution is -0.381. The first-order chi connectivity index (χ1) is 7.74. The van der Waals surface area contributed by atoms with Crippen molar-refractivity contribution < 1.29 is 0 Å². The second-order valence-corrected chi connectivity index (χ2v) is 8.22. The average molecular weight is 232 g/mol. The summed E-state index contributed by atoms with van der Waals surface area (Å²) in [5, 5.41) is 9.53. The van der Waals surface area contributed by atoms with Gasteiger partial charge in [-0.1, -0.05) is 20.8 Å². The molecule has 0 radical (unpaired) electrons. The van der Waals surface area contributed by atoms with Crippen LogP contribution < -0.4 is 0 Å². The molecule has 94 valence electrons. The fourth-order valence-electron chi connectivity index (χ4n) is 6.69. The molecule has 3 saturated carbocycles. The number of azo groups is 1. The van der Waals surface area contributed by atoms with Gasteiger partial charge < -0.3 is 0 Å². The van der Waals surface area contributed by atoms with Crippen LogP contribution in [-0.2, 0) is 0 Å². The van der Waals surface area contributed by atoms with E-state index in [-0.39, 0.29) is 11.1 Å². The molecule has 17 heavy (non-hydrogen) atoms. The monoisotopic (exact) mass is 232 g/mol. The summed E-state index contributed by atoms with van der Waals surface area (Å²) in [6.07, 6.45) is 5.30. The predicted octanol–water partition coefficient (Wildman–Crippen LogP) is 4.21. The van der Waals surface area contributed by atoms with Gasteiger partial charge in [-0.15, -0.1) is 0 Å². The van der Waals surface area contributed by atoms with Gasteiger partial charge in [-0.05, 0) is 56.3 Å². The van der Waals surface area contributed by atoms with Gasteiger partial charge in [0.2, 0.25) is 0 Å². The van der Waals surface area contributed by atoms with Gasteiger partial charge in [0.05, 0.1) is 11.1 Å². The second-order valence-electron chi connectivity index (χ2n) is 8.22. The SMILES string of the molecule is C[C@]12CC[C@@]1(C)[C@H]1[C@]2(C)[C@]2(C)CC[C@@]1(C)N=N2. The maximum Gasteiger partial charge on any atom is 0.0851 e. The van der Waals surface area contributed by atoms with E-state index in [1.165, 1.54) is 25.7 Å². The Morgan fingerprint density at radius 1 is 0.824 bits per heavy atom. The molecule has 2 heterocycles. The van der Waals surface area contributed by atoms with Gasteiger partial charge in [0, 0.05) is 5.41 Å². The summed E-state index contributed by atoms with van der Waals surface area (Å²) in [4.78, 5) is 0. The molecule has 0 N–H and O–H groups in total. The minimum atomic E-state index is 0.115. The molecule has 2 bridgehead atoms. The van der Waals surface area contributed by atoms with Gasteiger partial charge in [0.15, 0.2) is 0 Å². The number of fused-ring (bicyclic) bond motifs is 2. The molecule has 0 aromatic rings. The molecular weight excluding hydrogens is 208 g/mol. The van der Waals surface area contributed by atoms with Gasteiger partial charge in [-0.3, -0.25) is 0 Å². The highest BCUT2D eigenvalue weighted by Gasteiger charge is 2.87. The molecule has 0 aromatic heterocycles. The molecule has 3 aliphatic carbocycles. The minimum absolute atomic E-state index is 0.115. The van der Waals surface area contributed by atoms with Crippen molar-refractivity contribution in [2.45, 2.75) is 71.4 Å². The van der Waals surface area contributed by atoms with E-state index in [9.17, 15) is 0 Å². The lowest BCUT2D eigenvalue weighted by Crippen LogP contribution is -2.86. The molecule has 2 heteroatoms. The molecule has 3 fully saturated rings. The fourth-order valence-corrected chi connectivity index (χ4v) is 6.69. The van der Waals surface area contributed by atoms with Gasteiger partial charge in [0.1, 0.15) is 0 Å². The Hall–Kier alpha value is -0.400. The van der Waals surface area contributed by atoms with E-state index in [0.29, 0.717) is 16.2 Å². The van der Waals surface area contributed by atoms with Gasteiger partial charge in [-0.25, -0.2) is 0 Å². The molecule has 5 aliphatic rings. The van der Waals surface area contributed by atoms with Crippen LogP contribution in [0.1, 0.15) is 60.3 Å². The average Bonchev–Trinajstić information content (AvgIpc) is 2.29. The van der Waals surface area contributed by atoms with Crippen molar-refractivity contribution in [3.8, 4) is 0 Å². The van der Waals surface area contributed by atoms with Crippen LogP contribution in [0, 0.1) is 22.2 Å². The van der Waals surface area contributed by atoms with Crippen LogP contribution >= 0.6 is 0 Å². The molecule has 5 rings (SSSR count). The quantitative estimate of drug-likeness (QED) is 0.598. The Kier molecular flexibility index (Phi) is 1.38. The Labute approximate surface area is 104 Å². The largest absolute Gasteiger partial charge is 0.187 e. The smallest absolute Gasteiger partial charge is 0.0851 e. The van der Waals surface area contributed by atoms with Crippen molar-refractivity contribution >= 4 is 0 Å². The summed E-state index contributed by atoms with van der Waals surface area (Å²) in [6, 6.07) is 0. The second kappa shape index (κ2) is 2.23. The number of rotatable bonds is 0. The van der Waals surface area contributed by atoms with E-state index in [1.54, 1.807) is 0 Å². The van der Waals surface area contributed by atoms with E-state index < -0.39 is 0 Å². The normalized spacial score (nSPS) is 71.2. The fraction of sp³-hybridized carbons (Fsp3) is 1.00. The first-order valence-electron chi connectivity index (χ1n) is 7.18. The lowest BCUT2D eigenvalue weighted by Gasteiger charge is -2.87. The summed E-state index contributed by atoms with van der Waals surface area (Å²) in [5.41, 5.74) is 1.70. The van der Waals surface area contributed by atoms with Gasteiger partial charge in [0.25, 0.3) is 0 Å². The highest BCUT2D eigenvalue weighted by atomic mass is 15.3. The minimum Gasteiger partial charge on any atom is -0.187 e. The van der Waals surface area contributed by atoms with Crippen LogP contribution in [-0.4, -0.2) is 11.1 Å². The zero-order valence-corrected chi connectivity index (χ0v) is 11.8. The third-order valence-electron chi connectivity index (χ3n) is 8.12. The number of hydrogen-bond acceptors (Lipinski definition) is 2. The molecule has 0 amide bonds. The summed E-state index contributed by atoms with van der Waals surface area (Å²) in [7, 11) is 0. The van der Waals surface area contributed by atoms with Crippen LogP contribution in [0.5, 0.6) is 0 Å². The Bertz CT molecular complexity index is 458. The highest BCUT2D eigenvalue weighted by Crippen LogP contribution is 2.89. The molecule has 6 atom stereocenters. The Balaban J connectivity index is 1.97. The van der Waals surface area contributed by atoms with Crippen molar-refractivity contribution in [3.05, 3.63) is 0 Å². The topological polar surface area (TPSA) is 24.7 Å². The van der Waals surface area contributed by atoms with Gasteiger partial charge >= 0.3 is 0 Å². The third-order valence-corrected chi connectivity index (χ3v) is 8.12. The van der Waals surface area contributed by atoms with Crippen LogP contribution in [0.2, 0.25) is 0 Å². The van der Waals surface area contributed by atoms with Crippen molar-refractivity contribution in [2.24, 2.45) is 32.4 Å². The van der Waals surface area contributed by atoms with E-state index >= 15 is 0 Å². The number of nitrogens with zero attached hydrogens (tertiary/aromatic N) is 2. The Morgan fingerprint density at radius 3 is 1.94 bits per heavy atom. The summed E-state index contributed by atoms with van der Waals surface area (Å²) in [6.45, 7) is 12.3. The molecule has 2 aliphatic heterocycles. The van der Waals surface area contributed by atoms with Crippen LogP contribution in [0.3, 0.4) is 0 Å². The summed E-state index contributed by atoms with van der Waals surface area (Å²) in [5.74, 6) is 0.762. The van der Waals surface area contributed by atoms with Crippen molar-refractivity contribution in [3.63, 3.8) is 0 Å². The summed E-state index contributed by atoms with van der Waals surface area (Å²) < 4.78 is 0. The van der Waals surface area contributed by atoms with E-state index in [0.717, 1.165) is 5.92 Å². The first kappa shape index (κ1) is 10.5. The predicted molar refractivity (Wildman–Crippen MR) is 67.9 cm³/mol. The summed E-state index contributed by atoms with van der Waals surface area (Å²) >= 11 is 0. The van der Waals surface area contributed by atoms with E-state index in [2.05, 4.69) is 34.6 Å². The number of hydrogen-bond donors (Lipinski definition) is 0. The van der Waals surface area contributed by atoms with Crippen LogP contribution in [0.15, 0.2) is 10.2 Å². The molecule has 0 saturated heterocycles. The Morgan fingerprint density at radius 2 is 1.53 bits per heavy atom. The van der Waals surface area contributed by atoms with Crippen molar-refractivity contribution in [1.29, 1.82) is 0 Å². The molecule has 0 aromatic carbocycles. The van der Waals surface area contributed by atoms with Gasteiger partial charge in [-0.2, -0.15) is 10.2 Å². The molecular formula is C15H24N2. The van der Waals surface area contributed by atoms with E-state index in [1.807, 2.05) is 0 Å². The van der Waals surface area contributed by atoms with Crippen molar-refractivity contribution in [2.75, 3.05) is 0 Å². The highest BCUT2D eigenvalue weighted by molar-refractivity contribution is 5.37. The lowest BCUT2D eigenvalue weighted by atomic mass is 9.17. The van der Waals surface area contributed by atoms with Crippen LogP contribution in [0.4, 0.5) is 0 Å². The zero-order valence-electron chi connectivity index (χ0n) is 11.8. The maximum absolute atomic E-state index is 4.78. The third kappa shape index (κ3) is 0.670. The maximum atomic E-state index is 4.78.